The summed E-state index contributed by atoms with van der Waals surface area (Å²) < 4.78 is 0. The lowest BCUT2D eigenvalue weighted by atomic mass is 10.0. The van der Waals surface area contributed by atoms with Gasteiger partial charge in [-0.1, -0.05) is 60.7 Å². The lowest BCUT2D eigenvalue weighted by molar-refractivity contribution is 1.41. The van der Waals surface area contributed by atoms with Gasteiger partial charge in [0.25, 0.3) is 0 Å². The number of fused-ring (bicyclic) bond motifs is 4. The smallest absolute Gasteiger partial charge is 0.0716 e. The molecule has 0 unspecified atom stereocenters. The maximum absolute atomic E-state index is 5.00. The van der Waals surface area contributed by atoms with E-state index >= 15 is 0 Å². The fourth-order valence-corrected chi connectivity index (χ4v) is 3.98. The summed E-state index contributed by atoms with van der Waals surface area (Å²) in [5.74, 6) is 0. The minimum Gasteiger partial charge on any atom is -0.248 e. The number of pyridine rings is 2. The molecule has 28 heavy (non-hydrogen) atoms. The molecule has 0 bridgehead atoms. The standard InChI is InChI=1S/C26H16N2/c1-2-7-18-16-26-20(14-17(18)6-1)12-13-25(28-26)21-9-5-11-24-22(21)15-19-8-3-4-10-23(19)27-24/h1-16H. The van der Waals surface area contributed by atoms with Crippen molar-refractivity contribution in [2.24, 2.45) is 0 Å². The van der Waals surface area contributed by atoms with Crippen molar-refractivity contribution in [2.45, 2.75) is 0 Å². The van der Waals surface area contributed by atoms with Gasteiger partial charge in [-0.2, -0.15) is 0 Å². The van der Waals surface area contributed by atoms with Crippen LogP contribution in [0.2, 0.25) is 0 Å². The molecular weight excluding hydrogens is 340 g/mol. The molecule has 0 N–H and O–H groups in total. The fourth-order valence-electron chi connectivity index (χ4n) is 3.98. The molecule has 0 aliphatic carbocycles. The topological polar surface area (TPSA) is 25.8 Å². The summed E-state index contributed by atoms with van der Waals surface area (Å²) in [7, 11) is 0. The van der Waals surface area contributed by atoms with Gasteiger partial charge in [0.2, 0.25) is 0 Å². The van der Waals surface area contributed by atoms with Crippen molar-refractivity contribution in [1.29, 1.82) is 0 Å². The van der Waals surface area contributed by atoms with Crippen LogP contribution in [-0.4, -0.2) is 9.97 Å². The Labute approximate surface area is 162 Å². The van der Waals surface area contributed by atoms with Gasteiger partial charge in [0, 0.05) is 21.7 Å². The molecule has 2 heterocycles. The highest BCUT2D eigenvalue weighted by atomic mass is 14.7. The van der Waals surface area contributed by atoms with Crippen LogP contribution in [-0.2, 0) is 0 Å². The molecule has 6 rings (SSSR count). The van der Waals surface area contributed by atoms with E-state index < -0.39 is 0 Å². The zero-order chi connectivity index (χ0) is 18.5. The van der Waals surface area contributed by atoms with Crippen LogP contribution in [0.4, 0.5) is 0 Å². The van der Waals surface area contributed by atoms with Crippen LogP contribution < -0.4 is 0 Å². The zero-order valence-corrected chi connectivity index (χ0v) is 15.1. The molecule has 0 saturated heterocycles. The van der Waals surface area contributed by atoms with Crippen LogP contribution in [0.15, 0.2) is 97.1 Å². The molecule has 0 saturated carbocycles. The average molecular weight is 356 g/mol. The van der Waals surface area contributed by atoms with E-state index in [1.807, 2.05) is 6.07 Å². The van der Waals surface area contributed by atoms with Crippen LogP contribution in [0.25, 0.3) is 54.7 Å². The summed E-state index contributed by atoms with van der Waals surface area (Å²) in [5.41, 5.74) is 5.12. The van der Waals surface area contributed by atoms with Gasteiger partial charge in [0.15, 0.2) is 0 Å². The molecule has 0 fully saturated rings. The Morgan fingerprint density at radius 1 is 0.429 bits per heavy atom. The van der Waals surface area contributed by atoms with E-state index in [0.717, 1.165) is 44.0 Å². The molecule has 2 nitrogen and oxygen atoms in total. The number of aromatic nitrogens is 2. The SMILES string of the molecule is c1ccc2cc3nc(-c4cccc5nc6ccccc6cc45)ccc3cc2c1. The van der Waals surface area contributed by atoms with E-state index in [9.17, 15) is 0 Å². The van der Waals surface area contributed by atoms with Crippen molar-refractivity contribution in [1.82, 2.24) is 9.97 Å². The zero-order valence-electron chi connectivity index (χ0n) is 15.1. The van der Waals surface area contributed by atoms with Crippen molar-refractivity contribution >= 4 is 43.5 Å². The quantitative estimate of drug-likeness (QED) is 0.304. The third kappa shape index (κ3) is 2.35. The predicted molar refractivity (Wildman–Crippen MR) is 117 cm³/mol. The van der Waals surface area contributed by atoms with E-state index in [0.29, 0.717) is 0 Å². The first-order chi connectivity index (χ1) is 13.8. The largest absolute Gasteiger partial charge is 0.248 e. The molecule has 2 heteroatoms. The van der Waals surface area contributed by atoms with Crippen molar-refractivity contribution < 1.29 is 0 Å². The Balaban J connectivity index is 1.62. The van der Waals surface area contributed by atoms with Gasteiger partial charge < -0.3 is 0 Å². The second kappa shape index (κ2) is 5.86. The molecular formula is C26H16N2. The number of hydrogen-bond acceptors (Lipinski definition) is 2. The van der Waals surface area contributed by atoms with Gasteiger partial charge in [-0.25, -0.2) is 9.97 Å². The minimum atomic E-state index is 0.977. The van der Waals surface area contributed by atoms with Crippen molar-refractivity contribution in [3.63, 3.8) is 0 Å². The molecule has 0 aliphatic rings. The minimum absolute atomic E-state index is 0.977. The molecule has 0 amide bonds. The lowest BCUT2D eigenvalue weighted by Gasteiger charge is -2.09. The highest BCUT2D eigenvalue weighted by Gasteiger charge is 2.09. The number of hydrogen-bond donors (Lipinski definition) is 0. The van der Waals surface area contributed by atoms with Crippen LogP contribution >= 0.6 is 0 Å². The van der Waals surface area contributed by atoms with E-state index in [2.05, 4.69) is 91.0 Å². The van der Waals surface area contributed by atoms with Crippen molar-refractivity contribution in [2.75, 3.05) is 0 Å². The van der Waals surface area contributed by atoms with Gasteiger partial charge in [-0.15, -0.1) is 0 Å². The summed E-state index contributed by atoms with van der Waals surface area (Å²) in [4.78, 5) is 9.84. The predicted octanol–water partition coefficient (Wildman–Crippen LogP) is 6.76. The van der Waals surface area contributed by atoms with Gasteiger partial charge in [0.1, 0.15) is 0 Å². The molecule has 0 radical (unpaired) electrons. The molecule has 0 spiro atoms. The van der Waals surface area contributed by atoms with Crippen LogP contribution in [0, 0.1) is 0 Å². The van der Waals surface area contributed by atoms with Crippen molar-refractivity contribution in [3.05, 3.63) is 97.1 Å². The Hall–Kier alpha value is -3.78. The second-order valence-corrected chi connectivity index (χ2v) is 7.14. The van der Waals surface area contributed by atoms with E-state index in [-0.39, 0.29) is 0 Å². The lowest BCUT2D eigenvalue weighted by Crippen LogP contribution is -1.89. The van der Waals surface area contributed by atoms with Crippen molar-refractivity contribution in [3.8, 4) is 11.3 Å². The maximum Gasteiger partial charge on any atom is 0.0716 e. The second-order valence-electron chi connectivity index (χ2n) is 7.14. The van der Waals surface area contributed by atoms with Gasteiger partial charge in [-0.3, -0.25) is 0 Å². The van der Waals surface area contributed by atoms with E-state index in [4.69, 9.17) is 9.97 Å². The maximum atomic E-state index is 5.00. The molecule has 6 aromatic rings. The Morgan fingerprint density at radius 2 is 1.14 bits per heavy atom. The molecule has 0 atom stereocenters. The first-order valence-electron chi connectivity index (χ1n) is 9.44. The van der Waals surface area contributed by atoms with E-state index in [1.54, 1.807) is 0 Å². The molecule has 0 aliphatic heterocycles. The summed E-state index contributed by atoms with van der Waals surface area (Å²) in [6.07, 6.45) is 0. The number of nitrogens with zero attached hydrogens (tertiary/aromatic N) is 2. The Kier molecular flexibility index (Phi) is 3.20. The summed E-state index contributed by atoms with van der Waals surface area (Å²) in [6, 6.07) is 33.8. The first kappa shape index (κ1) is 15.3. The van der Waals surface area contributed by atoms with Gasteiger partial charge in [0.05, 0.1) is 22.2 Å². The van der Waals surface area contributed by atoms with Crippen LogP contribution in [0.1, 0.15) is 0 Å². The molecule has 130 valence electrons. The third-order valence-corrected chi connectivity index (χ3v) is 5.39. The summed E-state index contributed by atoms with van der Waals surface area (Å²) in [6.45, 7) is 0. The number of benzene rings is 4. The highest BCUT2D eigenvalue weighted by molar-refractivity contribution is 6.02. The summed E-state index contributed by atoms with van der Waals surface area (Å²) in [5, 5.41) is 5.89. The van der Waals surface area contributed by atoms with Crippen LogP contribution in [0.5, 0.6) is 0 Å². The fraction of sp³-hybridized carbons (Fsp3) is 0. The normalized spacial score (nSPS) is 11.6. The number of rotatable bonds is 1. The first-order valence-corrected chi connectivity index (χ1v) is 9.44. The van der Waals surface area contributed by atoms with E-state index in [1.165, 1.54) is 10.8 Å². The monoisotopic (exact) mass is 356 g/mol. The molecule has 2 aromatic heterocycles. The van der Waals surface area contributed by atoms with Gasteiger partial charge >= 0.3 is 0 Å². The molecule has 4 aromatic carbocycles. The third-order valence-electron chi connectivity index (χ3n) is 5.39. The van der Waals surface area contributed by atoms with Crippen LogP contribution in [0.3, 0.4) is 0 Å². The average Bonchev–Trinajstić information content (AvgIpc) is 2.75. The summed E-state index contributed by atoms with van der Waals surface area (Å²) >= 11 is 0. The Bertz CT molecular complexity index is 1520. The van der Waals surface area contributed by atoms with Gasteiger partial charge in [-0.05, 0) is 47.2 Å². The highest BCUT2D eigenvalue weighted by Crippen LogP contribution is 2.31. The Morgan fingerprint density at radius 3 is 2.04 bits per heavy atom. The number of para-hydroxylation sites is 1.